The number of nitrogens with one attached hydrogen (secondary N) is 1. The first-order valence-corrected chi connectivity index (χ1v) is 10.5. The van der Waals surface area contributed by atoms with Crippen LogP contribution in [0.3, 0.4) is 0 Å². The van der Waals surface area contributed by atoms with Gasteiger partial charge in [-0.05, 0) is 42.5 Å². The molecule has 3 aromatic rings. The zero-order valence-electron chi connectivity index (χ0n) is 18.2. The molecule has 0 radical (unpaired) electrons. The minimum Gasteiger partial charge on any atom is -0.454 e. The van der Waals surface area contributed by atoms with E-state index in [9.17, 15) is 22.8 Å². The van der Waals surface area contributed by atoms with Gasteiger partial charge in [-0.25, -0.2) is 5.01 Å². The normalized spacial score (nSPS) is 15.0. The summed E-state index contributed by atoms with van der Waals surface area (Å²) in [7, 11) is 0. The molecule has 0 saturated carbocycles. The summed E-state index contributed by atoms with van der Waals surface area (Å²) in [5, 5.41) is 11.6. The lowest BCUT2D eigenvalue weighted by Gasteiger charge is -2.21. The highest BCUT2D eigenvalue weighted by molar-refractivity contribution is 6.02. The largest absolute Gasteiger partial charge is 0.573 e. The van der Waals surface area contributed by atoms with Crippen molar-refractivity contribution in [3.8, 4) is 28.6 Å². The summed E-state index contributed by atoms with van der Waals surface area (Å²) in [5.74, 6) is 0.116. The molecule has 1 aromatic heterocycles. The van der Waals surface area contributed by atoms with E-state index in [1.54, 1.807) is 18.2 Å². The van der Waals surface area contributed by atoms with Crippen molar-refractivity contribution < 1.29 is 41.5 Å². The smallest absolute Gasteiger partial charge is 0.454 e. The molecule has 5 rings (SSSR count). The molecule has 0 fully saturated rings. The SMILES string of the molecule is O=C(CN1N=C(c2nc(-c3ccc4c(c3)OCO4)no2)CCC1=O)Nc1ccc(OC(F)(F)F)cc1. The second-order valence-corrected chi connectivity index (χ2v) is 7.61. The molecular formula is C22H16F3N5O6. The average Bonchev–Trinajstić information content (AvgIpc) is 3.50. The van der Waals surface area contributed by atoms with Crippen molar-refractivity contribution >= 4 is 23.2 Å². The van der Waals surface area contributed by atoms with Crippen LogP contribution in [0.5, 0.6) is 17.2 Å². The number of halogens is 3. The first-order valence-electron chi connectivity index (χ1n) is 10.5. The molecule has 11 nitrogen and oxygen atoms in total. The summed E-state index contributed by atoms with van der Waals surface area (Å²) in [6.45, 7) is -0.297. The van der Waals surface area contributed by atoms with Crippen LogP contribution in [-0.2, 0) is 9.59 Å². The van der Waals surface area contributed by atoms with Gasteiger partial charge in [0.05, 0.1) is 0 Å². The van der Waals surface area contributed by atoms with Gasteiger partial charge in [0.15, 0.2) is 11.5 Å². The van der Waals surface area contributed by atoms with Crippen LogP contribution in [0.2, 0.25) is 0 Å². The fourth-order valence-electron chi connectivity index (χ4n) is 3.45. The second kappa shape index (κ2) is 9.20. The van der Waals surface area contributed by atoms with Crippen LogP contribution in [0.1, 0.15) is 18.7 Å². The lowest BCUT2D eigenvalue weighted by molar-refractivity contribution is -0.274. The van der Waals surface area contributed by atoms with E-state index in [0.29, 0.717) is 22.8 Å². The number of hydrogen-bond donors (Lipinski definition) is 1. The number of nitrogens with zero attached hydrogens (tertiary/aromatic N) is 4. The zero-order chi connectivity index (χ0) is 25.3. The predicted octanol–water partition coefficient (Wildman–Crippen LogP) is 3.33. The highest BCUT2D eigenvalue weighted by Gasteiger charge is 2.31. The summed E-state index contributed by atoms with van der Waals surface area (Å²) < 4.78 is 56.5. The third-order valence-corrected chi connectivity index (χ3v) is 5.07. The second-order valence-electron chi connectivity index (χ2n) is 7.61. The summed E-state index contributed by atoms with van der Waals surface area (Å²) in [5.41, 5.74) is 1.17. The van der Waals surface area contributed by atoms with Gasteiger partial charge in [0.25, 0.3) is 5.89 Å². The van der Waals surface area contributed by atoms with Crippen LogP contribution in [0.25, 0.3) is 11.4 Å². The molecule has 0 unspecified atom stereocenters. The van der Waals surface area contributed by atoms with Crippen molar-refractivity contribution in [1.29, 1.82) is 0 Å². The maximum Gasteiger partial charge on any atom is 0.573 e. The van der Waals surface area contributed by atoms with E-state index < -0.39 is 30.5 Å². The fourth-order valence-corrected chi connectivity index (χ4v) is 3.45. The number of hydrazone groups is 1. The van der Waals surface area contributed by atoms with E-state index in [2.05, 4.69) is 25.3 Å². The van der Waals surface area contributed by atoms with Crippen molar-refractivity contribution in [2.45, 2.75) is 19.2 Å². The number of aromatic nitrogens is 2. The van der Waals surface area contributed by atoms with E-state index in [4.69, 9.17) is 14.0 Å². The van der Waals surface area contributed by atoms with Crippen LogP contribution in [0, 0.1) is 0 Å². The van der Waals surface area contributed by atoms with Gasteiger partial charge in [-0.2, -0.15) is 10.1 Å². The van der Waals surface area contributed by atoms with Gasteiger partial charge >= 0.3 is 6.36 Å². The molecule has 2 aromatic carbocycles. The quantitative estimate of drug-likeness (QED) is 0.543. The summed E-state index contributed by atoms with van der Waals surface area (Å²) >= 11 is 0. The van der Waals surface area contributed by atoms with Crippen LogP contribution >= 0.6 is 0 Å². The maximum absolute atomic E-state index is 12.4. The number of rotatable bonds is 6. The average molecular weight is 503 g/mol. The Balaban J connectivity index is 1.25. The Morgan fingerprint density at radius 3 is 2.64 bits per heavy atom. The minimum absolute atomic E-state index is 0.0668. The van der Waals surface area contributed by atoms with Gasteiger partial charge in [0, 0.05) is 24.1 Å². The van der Waals surface area contributed by atoms with Gasteiger partial charge in [0.1, 0.15) is 18.0 Å². The lowest BCUT2D eigenvalue weighted by atomic mass is 10.1. The highest BCUT2D eigenvalue weighted by atomic mass is 19.4. The molecule has 0 aliphatic carbocycles. The zero-order valence-corrected chi connectivity index (χ0v) is 18.2. The Morgan fingerprint density at radius 1 is 1.08 bits per heavy atom. The minimum atomic E-state index is -4.82. The Hall–Kier alpha value is -4.62. The maximum atomic E-state index is 12.4. The van der Waals surface area contributed by atoms with Crippen molar-refractivity contribution in [1.82, 2.24) is 15.1 Å². The third-order valence-electron chi connectivity index (χ3n) is 5.07. The number of anilines is 1. The van der Waals surface area contributed by atoms with Gasteiger partial charge in [-0.3, -0.25) is 9.59 Å². The molecule has 3 heterocycles. The predicted molar refractivity (Wildman–Crippen MR) is 115 cm³/mol. The fraction of sp³-hybridized carbons (Fsp3) is 0.227. The molecule has 0 atom stereocenters. The van der Waals surface area contributed by atoms with Crippen molar-refractivity contribution in [2.75, 3.05) is 18.7 Å². The number of amides is 2. The van der Waals surface area contributed by atoms with Gasteiger partial charge in [-0.1, -0.05) is 5.16 Å². The van der Waals surface area contributed by atoms with Gasteiger partial charge < -0.3 is 24.1 Å². The lowest BCUT2D eigenvalue weighted by Crippen LogP contribution is -2.38. The molecule has 0 saturated heterocycles. The Kier molecular flexibility index (Phi) is 5.91. The topological polar surface area (TPSA) is 128 Å². The molecule has 2 aliphatic rings. The molecule has 36 heavy (non-hydrogen) atoms. The highest BCUT2D eigenvalue weighted by Crippen LogP contribution is 2.35. The monoisotopic (exact) mass is 503 g/mol. The van der Waals surface area contributed by atoms with Crippen molar-refractivity contribution in [2.24, 2.45) is 5.10 Å². The Bertz CT molecular complexity index is 1340. The molecule has 186 valence electrons. The number of carbonyl (C=O) groups is 2. The van der Waals surface area contributed by atoms with Crippen molar-refractivity contribution in [3.05, 3.63) is 48.4 Å². The van der Waals surface area contributed by atoms with Crippen LogP contribution in [-0.4, -0.2) is 52.4 Å². The summed E-state index contributed by atoms with van der Waals surface area (Å²) in [4.78, 5) is 29.0. The van der Waals surface area contributed by atoms with Gasteiger partial charge in [-0.15, -0.1) is 13.2 Å². The van der Waals surface area contributed by atoms with E-state index in [0.717, 1.165) is 17.1 Å². The summed E-state index contributed by atoms with van der Waals surface area (Å²) in [6.07, 6.45) is -4.52. The summed E-state index contributed by atoms with van der Waals surface area (Å²) in [6, 6.07) is 9.76. The molecule has 0 spiro atoms. The number of carbonyl (C=O) groups excluding carboxylic acids is 2. The molecule has 2 amide bonds. The van der Waals surface area contributed by atoms with Gasteiger partial charge in [0.2, 0.25) is 24.4 Å². The van der Waals surface area contributed by atoms with Crippen molar-refractivity contribution in [3.63, 3.8) is 0 Å². The number of ether oxygens (including phenoxy) is 3. The van der Waals surface area contributed by atoms with E-state index >= 15 is 0 Å². The molecular weight excluding hydrogens is 487 g/mol. The Labute approximate surface area is 200 Å². The third kappa shape index (κ3) is 5.21. The number of fused-ring (bicyclic) bond motifs is 1. The number of alkyl halides is 3. The molecule has 1 N–H and O–H groups in total. The standard InChI is InChI=1S/C22H16F3N5O6/c23-22(24,25)35-14-4-2-13(3-5-14)26-18(31)10-30-19(32)8-6-15(28-30)21-27-20(29-36-21)12-1-7-16-17(9-12)34-11-33-16/h1-5,7,9H,6,8,10-11H2,(H,26,31). The van der Waals surface area contributed by atoms with E-state index in [-0.39, 0.29) is 37.0 Å². The number of benzene rings is 2. The number of hydrogen-bond acceptors (Lipinski definition) is 9. The Morgan fingerprint density at radius 2 is 1.86 bits per heavy atom. The molecule has 14 heteroatoms. The van der Waals surface area contributed by atoms with Crippen LogP contribution in [0.15, 0.2) is 52.1 Å². The van der Waals surface area contributed by atoms with E-state index in [1.165, 1.54) is 12.1 Å². The van der Waals surface area contributed by atoms with E-state index in [1.807, 2.05) is 0 Å². The molecule has 0 bridgehead atoms. The van der Waals surface area contributed by atoms with Crippen LogP contribution < -0.4 is 19.5 Å². The first-order chi connectivity index (χ1) is 17.2. The first kappa shape index (κ1) is 23.1. The molecule has 2 aliphatic heterocycles. The van der Waals surface area contributed by atoms with Crippen LogP contribution in [0.4, 0.5) is 18.9 Å².